The number of ether oxygens (including phenoxy) is 1. The van der Waals surface area contributed by atoms with E-state index >= 15 is 0 Å². The molecule has 1 aromatic rings. The van der Waals surface area contributed by atoms with E-state index < -0.39 is 16.0 Å². The van der Waals surface area contributed by atoms with Gasteiger partial charge in [-0.05, 0) is 18.1 Å². The van der Waals surface area contributed by atoms with Crippen molar-refractivity contribution in [1.82, 2.24) is 4.72 Å². The zero-order valence-corrected chi connectivity index (χ0v) is 13.0. The molecule has 21 heavy (non-hydrogen) atoms. The van der Waals surface area contributed by atoms with E-state index in [1.165, 1.54) is 7.11 Å². The van der Waals surface area contributed by atoms with Crippen molar-refractivity contribution in [3.05, 3.63) is 22.7 Å². The normalized spacial score (nSPS) is 13.0. The van der Waals surface area contributed by atoms with Crippen LogP contribution in [0.5, 0.6) is 5.75 Å². The van der Waals surface area contributed by atoms with E-state index in [1.807, 2.05) is 0 Å². The molecule has 0 spiro atoms. The van der Waals surface area contributed by atoms with E-state index in [9.17, 15) is 13.2 Å². The lowest BCUT2D eigenvalue weighted by Gasteiger charge is -2.15. The Labute approximate surface area is 127 Å². The van der Waals surface area contributed by atoms with E-state index in [0.29, 0.717) is 0 Å². The van der Waals surface area contributed by atoms with Crippen LogP contribution in [0, 0.1) is 5.92 Å². The first-order chi connectivity index (χ1) is 9.72. The number of aliphatic hydroxyl groups is 1. The topological polar surface area (TPSA) is 113 Å². The van der Waals surface area contributed by atoms with Gasteiger partial charge in [-0.2, -0.15) is 0 Å². The number of carboxylic acids is 1. The Morgan fingerprint density at radius 3 is 2.57 bits per heavy atom. The van der Waals surface area contributed by atoms with Crippen molar-refractivity contribution in [2.75, 3.05) is 20.3 Å². The zero-order chi connectivity index (χ0) is 16.2. The van der Waals surface area contributed by atoms with E-state index in [1.54, 1.807) is 6.92 Å². The lowest BCUT2D eigenvalue weighted by molar-refractivity contribution is 0.0693. The summed E-state index contributed by atoms with van der Waals surface area (Å²) in [5, 5.41) is 17.9. The quantitative estimate of drug-likeness (QED) is 0.683. The van der Waals surface area contributed by atoms with Gasteiger partial charge in [0.15, 0.2) is 5.75 Å². The lowest BCUT2D eigenvalue weighted by Crippen LogP contribution is -2.30. The molecular weight excluding hydrogens is 322 g/mol. The van der Waals surface area contributed by atoms with E-state index in [-0.39, 0.29) is 40.3 Å². The summed E-state index contributed by atoms with van der Waals surface area (Å²) in [6.07, 6.45) is 0. The van der Waals surface area contributed by atoms with Gasteiger partial charge in [0.1, 0.15) is 10.5 Å². The molecule has 118 valence electrons. The highest BCUT2D eigenvalue weighted by molar-refractivity contribution is 7.89. The molecular formula is C12H16ClNO6S. The average molecular weight is 338 g/mol. The van der Waals surface area contributed by atoms with Gasteiger partial charge in [0.05, 0.1) is 7.11 Å². The summed E-state index contributed by atoms with van der Waals surface area (Å²) in [7, 11) is -2.85. The van der Waals surface area contributed by atoms with Crippen molar-refractivity contribution in [2.24, 2.45) is 5.92 Å². The van der Waals surface area contributed by atoms with Crippen LogP contribution in [-0.4, -0.2) is 44.9 Å². The maximum Gasteiger partial charge on any atom is 0.339 e. The standard InChI is InChI=1S/C12H16ClNO6S/c1-7(6-15)5-14-21(18,19)10-4-8(13)3-9(12(16)17)11(10)20-2/h3-4,7,14-15H,5-6H2,1-2H3,(H,16,17). The predicted octanol–water partition coefficient (Wildman–Crippen LogP) is 0.954. The van der Waals surface area contributed by atoms with Gasteiger partial charge < -0.3 is 14.9 Å². The predicted molar refractivity (Wildman–Crippen MR) is 76.4 cm³/mol. The summed E-state index contributed by atoms with van der Waals surface area (Å²) < 4.78 is 31.6. The Bertz CT molecular complexity index is 631. The molecule has 0 saturated heterocycles. The molecule has 0 fully saturated rings. The number of aliphatic hydroxyl groups excluding tert-OH is 1. The maximum atomic E-state index is 12.2. The molecule has 0 aromatic heterocycles. The minimum absolute atomic E-state index is 0.00307. The van der Waals surface area contributed by atoms with Gasteiger partial charge in [-0.1, -0.05) is 18.5 Å². The van der Waals surface area contributed by atoms with Gasteiger partial charge >= 0.3 is 5.97 Å². The first-order valence-electron chi connectivity index (χ1n) is 5.94. The number of hydrogen-bond donors (Lipinski definition) is 3. The summed E-state index contributed by atoms with van der Waals surface area (Å²) in [4.78, 5) is 10.8. The summed E-state index contributed by atoms with van der Waals surface area (Å²) in [5.74, 6) is -1.94. The molecule has 7 nitrogen and oxygen atoms in total. The van der Waals surface area contributed by atoms with Crippen molar-refractivity contribution in [3.63, 3.8) is 0 Å². The van der Waals surface area contributed by atoms with Crippen LogP contribution < -0.4 is 9.46 Å². The van der Waals surface area contributed by atoms with Crippen molar-refractivity contribution in [3.8, 4) is 5.75 Å². The molecule has 0 radical (unpaired) electrons. The van der Waals surface area contributed by atoms with Gasteiger partial charge in [-0.3, -0.25) is 0 Å². The van der Waals surface area contributed by atoms with Crippen molar-refractivity contribution >= 4 is 27.6 Å². The fourth-order valence-electron chi connectivity index (χ4n) is 1.53. The number of methoxy groups -OCH3 is 1. The molecule has 0 aliphatic rings. The van der Waals surface area contributed by atoms with Gasteiger partial charge in [-0.25, -0.2) is 17.9 Å². The number of nitrogens with one attached hydrogen (secondary N) is 1. The van der Waals surface area contributed by atoms with Crippen LogP contribution in [0.4, 0.5) is 0 Å². The molecule has 1 aromatic carbocycles. The van der Waals surface area contributed by atoms with Crippen LogP contribution >= 0.6 is 11.6 Å². The molecule has 1 atom stereocenters. The van der Waals surface area contributed by atoms with Gasteiger partial charge in [0.2, 0.25) is 10.0 Å². The first kappa shape index (κ1) is 17.7. The van der Waals surface area contributed by atoms with Crippen molar-refractivity contribution < 1.29 is 28.2 Å². The fraction of sp³-hybridized carbons (Fsp3) is 0.417. The summed E-state index contributed by atoms with van der Waals surface area (Å²) in [6.45, 7) is 1.47. The van der Waals surface area contributed by atoms with Crippen LogP contribution in [0.3, 0.4) is 0 Å². The van der Waals surface area contributed by atoms with E-state index in [0.717, 1.165) is 12.1 Å². The number of aromatic carboxylic acids is 1. The number of halogens is 1. The second-order valence-corrected chi connectivity index (χ2v) is 6.60. The molecule has 0 aliphatic heterocycles. The number of sulfonamides is 1. The van der Waals surface area contributed by atoms with Crippen molar-refractivity contribution in [2.45, 2.75) is 11.8 Å². The zero-order valence-electron chi connectivity index (χ0n) is 11.5. The van der Waals surface area contributed by atoms with Gasteiger partial charge in [0, 0.05) is 18.2 Å². The second kappa shape index (κ2) is 7.08. The van der Waals surface area contributed by atoms with E-state index in [4.69, 9.17) is 26.6 Å². The van der Waals surface area contributed by atoms with Crippen LogP contribution in [0.25, 0.3) is 0 Å². The van der Waals surface area contributed by atoms with Gasteiger partial charge in [-0.15, -0.1) is 0 Å². The van der Waals surface area contributed by atoms with Crippen LogP contribution in [0.1, 0.15) is 17.3 Å². The highest BCUT2D eigenvalue weighted by Gasteiger charge is 2.25. The maximum absolute atomic E-state index is 12.2. The number of rotatable bonds is 7. The molecule has 0 amide bonds. The Hall–Kier alpha value is -1.35. The summed E-state index contributed by atoms with van der Waals surface area (Å²) in [6, 6.07) is 2.22. The Balaban J connectivity index is 3.31. The van der Waals surface area contributed by atoms with Crippen LogP contribution in [0.2, 0.25) is 5.02 Å². The van der Waals surface area contributed by atoms with Crippen LogP contribution in [-0.2, 0) is 10.0 Å². The molecule has 1 rings (SSSR count). The third-order valence-electron chi connectivity index (χ3n) is 2.68. The SMILES string of the molecule is COc1c(C(=O)O)cc(Cl)cc1S(=O)(=O)NCC(C)CO. The average Bonchev–Trinajstić information content (AvgIpc) is 2.43. The van der Waals surface area contributed by atoms with Crippen LogP contribution in [0.15, 0.2) is 17.0 Å². The molecule has 3 N–H and O–H groups in total. The minimum Gasteiger partial charge on any atom is -0.494 e. The largest absolute Gasteiger partial charge is 0.494 e. The number of benzene rings is 1. The highest BCUT2D eigenvalue weighted by atomic mass is 35.5. The number of hydrogen-bond acceptors (Lipinski definition) is 5. The molecule has 9 heteroatoms. The first-order valence-corrected chi connectivity index (χ1v) is 7.80. The molecule has 0 saturated carbocycles. The highest BCUT2D eigenvalue weighted by Crippen LogP contribution is 2.31. The lowest BCUT2D eigenvalue weighted by atomic mass is 10.2. The summed E-state index contributed by atoms with van der Waals surface area (Å²) >= 11 is 5.77. The molecule has 0 bridgehead atoms. The Morgan fingerprint density at radius 1 is 1.48 bits per heavy atom. The van der Waals surface area contributed by atoms with Gasteiger partial charge in [0.25, 0.3) is 0 Å². The second-order valence-electron chi connectivity index (χ2n) is 4.43. The number of carboxylic acid groups (broad SMARTS) is 1. The molecule has 0 heterocycles. The molecule has 1 unspecified atom stereocenters. The third kappa shape index (κ3) is 4.31. The Morgan fingerprint density at radius 2 is 2.10 bits per heavy atom. The fourth-order valence-corrected chi connectivity index (χ4v) is 3.19. The smallest absolute Gasteiger partial charge is 0.339 e. The Kier molecular flexibility index (Phi) is 5.97. The molecule has 0 aliphatic carbocycles. The number of carbonyl (C=O) groups is 1. The summed E-state index contributed by atoms with van der Waals surface area (Å²) in [5.41, 5.74) is -0.347. The third-order valence-corrected chi connectivity index (χ3v) is 4.32. The van der Waals surface area contributed by atoms with Crippen molar-refractivity contribution in [1.29, 1.82) is 0 Å². The minimum atomic E-state index is -4.02. The monoisotopic (exact) mass is 337 g/mol. The van der Waals surface area contributed by atoms with E-state index in [2.05, 4.69) is 4.72 Å².